The molecule has 0 fully saturated rings. The maximum absolute atomic E-state index is 11.8. The van der Waals surface area contributed by atoms with Crippen LogP contribution in [-0.2, 0) is 9.53 Å². The third kappa shape index (κ3) is 10.9. The summed E-state index contributed by atoms with van der Waals surface area (Å²) in [7, 11) is 1.61. The first-order valence-corrected chi connectivity index (χ1v) is 8.79. The van der Waals surface area contributed by atoms with Crippen LogP contribution in [0.25, 0.3) is 0 Å². The molecule has 1 unspecified atom stereocenters. The second-order valence-corrected chi connectivity index (χ2v) is 6.74. The summed E-state index contributed by atoms with van der Waals surface area (Å²) in [5, 5.41) is 6.26. The standard InChI is InChI=1S/C19H31N3O4.HI/c1-7-20-18(22-13-17(23)26-19(3,4)5)21-12-14(2)25-16-11-9-8-10-15(16)24-6;/h8-11,14H,7,12-13H2,1-6H3,(H2,20,21,22);1H. The van der Waals surface area contributed by atoms with E-state index in [1.54, 1.807) is 7.11 Å². The van der Waals surface area contributed by atoms with Crippen LogP contribution >= 0.6 is 24.0 Å². The second-order valence-electron chi connectivity index (χ2n) is 6.74. The minimum absolute atomic E-state index is 0. The Balaban J connectivity index is 0.00000676. The fourth-order valence-electron chi connectivity index (χ4n) is 2.07. The van der Waals surface area contributed by atoms with Gasteiger partial charge in [-0.1, -0.05) is 12.1 Å². The van der Waals surface area contributed by atoms with Gasteiger partial charge in [-0.05, 0) is 46.8 Å². The van der Waals surface area contributed by atoms with E-state index < -0.39 is 5.60 Å². The van der Waals surface area contributed by atoms with E-state index in [2.05, 4.69) is 15.6 Å². The minimum Gasteiger partial charge on any atom is -0.493 e. The summed E-state index contributed by atoms with van der Waals surface area (Å²) >= 11 is 0. The number of methoxy groups -OCH3 is 1. The van der Waals surface area contributed by atoms with Gasteiger partial charge in [-0.3, -0.25) is 4.79 Å². The molecule has 154 valence electrons. The maximum atomic E-state index is 11.8. The molecule has 27 heavy (non-hydrogen) atoms. The summed E-state index contributed by atoms with van der Waals surface area (Å²) in [6.07, 6.45) is -0.128. The Kier molecular flexibility index (Phi) is 11.8. The van der Waals surface area contributed by atoms with Crippen molar-refractivity contribution in [1.29, 1.82) is 0 Å². The smallest absolute Gasteiger partial charge is 0.328 e. The molecule has 0 spiro atoms. The molecule has 0 aliphatic carbocycles. The Morgan fingerprint density at radius 3 is 2.37 bits per heavy atom. The number of esters is 1. The third-order valence-electron chi connectivity index (χ3n) is 3.08. The monoisotopic (exact) mass is 493 g/mol. The van der Waals surface area contributed by atoms with Gasteiger partial charge in [-0.25, -0.2) is 4.99 Å². The SMILES string of the molecule is CCNC(=NCC(=O)OC(C)(C)C)NCC(C)Oc1ccccc1OC.I. The Morgan fingerprint density at radius 1 is 1.19 bits per heavy atom. The van der Waals surface area contributed by atoms with Crippen LogP contribution < -0.4 is 20.1 Å². The van der Waals surface area contributed by atoms with Crippen molar-refractivity contribution in [3.05, 3.63) is 24.3 Å². The predicted molar refractivity (Wildman–Crippen MR) is 118 cm³/mol. The highest BCUT2D eigenvalue weighted by Crippen LogP contribution is 2.26. The number of benzene rings is 1. The molecular formula is C19H32IN3O4. The first-order valence-electron chi connectivity index (χ1n) is 8.79. The van der Waals surface area contributed by atoms with E-state index in [4.69, 9.17) is 14.2 Å². The van der Waals surface area contributed by atoms with Gasteiger partial charge in [0.25, 0.3) is 0 Å². The van der Waals surface area contributed by atoms with Crippen molar-refractivity contribution in [3.8, 4) is 11.5 Å². The Bertz CT molecular complexity index is 603. The lowest BCUT2D eigenvalue weighted by molar-refractivity contribution is -0.152. The zero-order valence-electron chi connectivity index (χ0n) is 17.0. The van der Waals surface area contributed by atoms with Crippen LogP contribution in [-0.4, -0.2) is 50.4 Å². The van der Waals surface area contributed by atoms with Crippen LogP contribution in [0.2, 0.25) is 0 Å². The van der Waals surface area contributed by atoms with Crippen LogP contribution in [0.3, 0.4) is 0 Å². The summed E-state index contributed by atoms with van der Waals surface area (Å²) in [4.78, 5) is 16.0. The number of carbonyl (C=O) groups is 1. The van der Waals surface area contributed by atoms with Crippen LogP contribution in [0.1, 0.15) is 34.6 Å². The lowest BCUT2D eigenvalue weighted by Gasteiger charge is -2.20. The lowest BCUT2D eigenvalue weighted by atomic mass is 10.2. The van der Waals surface area contributed by atoms with Crippen molar-refractivity contribution < 1.29 is 19.0 Å². The van der Waals surface area contributed by atoms with Crippen molar-refractivity contribution >= 4 is 35.9 Å². The Morgan fingerprint density at radius 2 is 1.81 bits per heavy atom. The lowest BCUT2D eigenvalue weighted by Crippen LogP contribution is -2.42. The highest BCUT2D eigenvalue weighted by atomic mass is 127. The Labute approximate surface area is 179 Å². The van der Waals surface area contributed by atoms with Crippen molar-refractivity contribution in [2.24, 2.45) is 4.99 Å². The van der Waals surface area contributed by atoms with Crippen molar-refractivity contribution in [2.45, 2.75) is 46.3 Å². The average Bonchev–Trinajstić information content (AvgIpc) is 2.56. The van der Waals surface area contributed by atoms with Gasteiger partial charge in [0.1, 0.15) is 18.2 Å². The molecule has 0 saturated carbocycles. The largest absolute Gasteiger partial charge is 0.493 e. The zero-order valence-corrected chi connectivity index (χ0v) is 19.3. The molecule has 0 aliphatic heterocycles. The average molecular weight is 493 g/mol. The van der Waals surface area contributed by atoms with Gasteiger partial charge in [-0.15, -0.1) is 24.0 Å². The number of nitrogens with zero attached hydrogens (tertiary/aromatic N) is 1. The van der Waals surface area contributed by atoms with Crippen LogP contribution in [0, 0.1) is 0 Å². The van der Waals surface area contributed by atoms with Gasteiger partial charge >= 0.3 is 5.97 Å². The molecular weight excluding hydrogens is 461 g/mol. The molecule has 1 rings (SSSR count). The molecule has 0 aliphatic rings. The molecule has 2 N–H and O–H groups in total. The van der Waals surface area contributed by atoms with E-state index in [-0.39, 0.29) is 42.6 Å². The van der Waals surface area contributed by atoms with Gasteiger partial charge in [0, 0.05) is 6.54 Å². The molecule has 0 amide bonds. The number of rotatable bonds is 8. The van der Waals surface area contributed by atoms with Gasteiger partial charge in [-0.2, -0.15) is 0 Å². The summed E-state index contributed by atoms with van der Waals surface area (Å²) in [6, 6.07) is 7.49. The van der Waals surface area contributed by atoms with Crippen molar-refractivity contribution in [2.75, 3.05) is 26.7 Å². The number of hydrogen-bond donors (Lipinski definition) is 2. The minimum atomic E-state index is -0.518. The quantitative estimate of drug-likeness (QED) is 0.251. The number of carbonyl (C=O) groups excluding carboxylic acids is 1. The first kappa shape index (κ1) is 25.3. The molecule has 1 aromatic rings. The molecule has 0 radical (unpaired) electrons. The van der Waals surface area contributed by atoms with Gasteiger partial charge in [0.05, 0.1) is 13.7 Å². The molecule has 0 aromatic heterocycles. The van der Waals surface area contributed by atoms with E-state index in [1.807, 2.05) is 58.9 Å². The van der Waals surface area contributed by atoms with Crippen molar-refractivity contribution in [1.82, 2.24) is 10.6 Å². The molecule has 8 heteroatoms. The number of ether oxygens (including phenoxy) is 3. The van der Waals surface area contributed by atoms with Gasteiger partial charge in [0.15, 0.2) is 17.5 Å². The van der Waals surface area contributed by atoms with Crippen LogP contribution in [0.15, 0.2) is 29.3 Å². The third-order valence-corrected chi connectivity index (χ3v) is 3.08. The molecule has 1 atom stereocenters. The predicted octanol–water partition coefficient (Wildman–Crippen LogP) is 2.98. The van der Waals surface area contributed by atoms with E-state index in [9.17, 15) is 4.79 Å². The summed E-state index contributed by atoms with van der Waals surface area (Å²) in [6.45, 7) is 10.5. The first-order chi connectivity index (χ1) is 12.2. The highest BCUT2D eigenvalue weighted by Gasteiger charge is 2.16. The summed E-state index contributed by atoms with van der Waals surface area (Å²) < 4.78 is 16.4. The number of guanidine groups is 1. The van der Waals surface area contributed by atoms with Gasteiger partial charge < -0.3 is 24.8 Å². The number of halogens is 1. The molecule has 1 aromatic carbocycles. The molecule has 0 heterocycles. The molecule has 0 saturated heterocycles. The normalized spacial score (nSPS) is 12.4. The van der Waals surface area contributed by atoms with E-state index in [1.165, 1.54) is 0 Å². The topological polar surface area (TPSA) is 81.2 Å². The highest BCUT2D eigenvalue weighted by molar-refractivity contribution is 14.0. The maximum Gasteiger partial charge on any atom is 0.328 e. The van der Waals surface area contributed by atoms with Gasteiger partial charge in [0.2, 0.25) is 0 Å². The number of para-hydroxylation sites is 2. The Hall–Kier alpha value is -1.71. The summed E-state index contributed by atoms with van der Waals surface area (Å²) in [5.74, 6) is 1.53. The zero-order chi connectivity index (χ0) is 19.6. The van der Waals surface area contributed by atoms with E-state index >= 15 is 0 Å². The van der Waals surface area contributed by atoms with Crippen LogP contribution in [0.4, 0.5) is 0 Å². The van der Waals surface area contributed by atoms with Crippen LogP contribution in [0.5, 0.6) is 11.5 Å². The second kappa shape index (κ2) is 12.6. The van der Waals surface area contributed by atoms with E-state index in [0.717, 1.165) is 0 Å². The number of nitrogens with one attached hydrogen (secondary N) is 2. The molecule has 7 nitrogen and oxygen atoms in total. The summed E-state index contributed by atoms with van der Waals surface area (Å²) in [5.41, 5.74) is -0.518. The van der Waals surface area contributed by atoms with E-state index in [0.29, 0.717) is 30.5 Å². The fourth-order valence-corrected chi connectivity index (χ4v) is 2.07. The number of hydrogen-bond acceptors (Lipinski definition) is 5. The van der Waals surface area contributed by atoms with Crippen molar-refractivity contribution in [3.63, 3.8) is 0 Å². The number of aliphatic imine (C=N–C) groups is 1. The fraction of sp³-hybridized carbons (Fsp3) is 0.579. The molecule has 0 bridgehead atoms.